The van der Waals surface area contributed by atoms with Gasteiger partial charge in [-0.05, 0) is 24.1 Å². The lowest BCUT2D eigenvalue weighted by atomic mass is 10.1. The number of hydrogen-bond acceptors (Lipinski definition) is 7. The number of benzene rings is 1. The van der Waals surface area contributed by atoms with E-state index < -0.39 is 0 Å². The number of rotatable bonds is 9. The van der Waals surface area contributed by atoms with Gasteiger partial charge >= 0.3 is 0 Å². The average Bonchev–Trinajstić information content (AvgIpc) is 3.29. The van der Waals surface area contributed by atoms with Gasteiger partial charge in [0.05, 0.1) is 6.61 Å². The van der Waals surface area contributed by atoms with Crippen molar-refractivity contribution in [2.75, 3.05) is 33.6 Å². The van der Waals surface area contributed by atoms with Gasteiger partial charge in [0.25, 0.3) is 0 Å². The first kappa shape index (κ1) is 19.2. The van der Waals surface area contributed by atoms with Crippen LogP contribution >= 0.6 is 0 Å². The van der Waals surface area contributed by atoms with Crippen molar-refractivity contribution in [1.82, 2.24) is 15.0 Å². The minimum absolute atomic E-state index is 0.109. The van der Waals surface area contributed by atoms with Crippen LogP contribution in [-0.2, 0) is 16.0 Å². The van der Waals surface area contributed by atoms with Crippen LogP contribution in [-0.4, -0.2) is 54.5 Å². The maximum absolute atomic E-state index is 12.4. The predicted molar refractivity (Wildman–Crippen MR) is 97.5 cm³/mol. The molecule has 0 radical (unpaired) electrons. The molecule has 1 aromatic carbocycles. The number of carbonyl (C=O) groups excluding carboxylic acids is 1. The number of aromatic nitrogens is 2. The molecule has 0 fully saturated rings. The zero-order valence-corrected chi connectivity index (χ0v) is 15.9. The molecule has 146 valence electrons. The van der Waals surface area contributed by atoms with E-state index in [0.717, 1.165) is 5.56 Å². The van der Waals surface area contributed by atoms with Crippen LogP contribution in [0.3, 0.4) is 0 Å². The van der Waals surface area contributed by atoms with Crippen LogP contribution in [0.4, 0.5) is 0 Å². The van der Waals surface area contributed by atoms with E-state index in [2.05, 4.69) is 10.1 Å². The Morgan fingerprint density at radius 1 is 1.26 bits per heavy atom. The number of hydrogen-bond donors (Lipinski definition) is 0. The highest BCUT2D eigenvalue weighted by Crippen LogP contribution is 2.35. The number of amides is 1. The van der Waals surface area contributed by atoms with Crippen LogP contribution < -0.4 is 9.47 Å². The Morgan fingerprint density at radius 2 is 2.07 bits per heavy atom. The standard InChI is InChI=1S/C19H25N3O5/c1-13(2)10-18(23)22(8-9-24-3)7-6-17-20-19(21-27-17)14-4-5-15-16(11-14)26-12-25-15/h4-5,11,13H,6-10,12H2,1-3H3. The molecular weight excluding hydrogens is 350 g/mol. The minimum Gasteiger partial charge on any atom is -0.454 e. The molecule has 2 aromatic rings. The summed E-state index contributed by atoms with van der Waals surface area (Å²) in [6.45, 7) is 5.83. The van der Waals surface area contributed by atoms with Crippen molar-refractivity contribution in [1.29, 1.82) is 0 Å². The van der Waals surface area contributed by atoms with Crippen molar-refractivity contribution in [3.8, 4) is 22.9 Å². The summed E-state index contributed by atoms with van der Waals surface area (Å²) >= 11 is 0. The molecule has 2 heterocycles. The third-order valence-corrected chi connectivity index (χ3v) is 4.20. The van der Waals surface area contributed by atoms with Gasteiger partial charge in [0.1, 0.15) is 0 Å². The molecular formula is C19H25N3O5. The normalized spacial score (nSPS) is 12.6. The van der Waals surface area contributed by atoms with E-state index >= 15 is 0 Å². The van der Waals surface area contributed by atoms with Crippen molar-refractivity contribution in [2.24, 2.45) is 5.92 Å². The minimum atomic E-state index is 0.109. The van der Waals surface area contributed by atoms with Gasteiger partial charge in [0.15, 0.2) is 11.5 Å². The summed E-state index contributed by atoms with van der Waals surface area (Å²) in [5, 5.41) is 4.03. The zero-order valence-electron chi connectivity index (χ0n) is 15.9. The molecule has 1 aromatic heterocycles. The lowest BCUT2D eigenvalue weighted by Crippen LogP contribution is -2.36. The van der Waals surface area contributed by atoms with Gasteiger partial charge in [0.2, 0.25) is 24.4 Å². The first-order valence-electron chi connectivity index (χ1n) is 9.06. The molecule has 8 nitrogen and oxygen atoms in total. The number of carbonyl (C=O) groups is 1. The topological polar surface area (TPSA) is 86.9 Å². The summed E-state index contributed by atoms with van der Waals surface area (Å²) in [6.07, 6.45) is 1.00. The Hall–Kier alpha value is -2.61. The molecule has 1 amide bonds. The highest BCUT2D eigenvalue weighted by molar-refractivity contribution is 5.76. The Kier molecular flexibility index (Phi) is 6.28. The van der Waals surface area contributed by atoms with Gasteiger partial charge in [-0.3, -0.25) is 4.79 Å². The van der Waals surface area contributed by atoms with Crippen LogP contribution in [0.5, 0.6) is 11.5 Å². The quantitative estimate of drug-likeness (QED) is 0.665. The second-order valence-electron chi connectivity index (χ2n) is 6.80. The maximum atomic E-state index is 12.4. The van der Waals surface area contributed by atoms with Crippen LogP contribution in [0.1, 0.15) is 26.2 Å². The van der Waals surface area contributed by atoms with Crippen LogP contribution in [0.25, 0.3) is 11.4 Å². The molecule has 0 aliphatic carbocycles. The second kappa shape index (κ2) is 8.85. The Labute approximate surface area is 158 Å². The lowest BCUT2D eigenvalue weighted by Gasteiger charge is -2.22. The maximum Gasteiger partial charge on any atom is 0.231 e. The van der Waals surface area contributed by atoms with E-state index in [-0.39, 0.29) is 12.7 Å². The highest BCUT2D eigenvalue weighted by atomic mass is 16.7. The third-order valence-electron chi connectivity index (χ3n) is 4.20. The second-order valence-corrected chi connectivity index (χ2v) is 6.80. The van der Waals surface area contributed by atoms with Gasteiger partial charge in [-0.15, -0.1) is 0 Å². The molecule has 0 spiro atoms. The number of fused-ring (bicyclic) bond motifs is 1. The Balaban J connectivity index is 1.62. The van der Waals surface area contributed by atoms with E-state index in [0.29, 0.717) is 61.7 Å². The summed E-state index contributed by atoms with van der Waals surface area (Å²) in [5.74, 6) is 2.77. The fraction of sp³-hybridized carbons (Fsp3) is 0.526. The molecule has 1 aliphatic rings. The number of nitrogens with zero attached hydrogens (tertiary/aromatic N) is 3. The van der Waals surface area contributed by atoms with Crippen LogP contribution in [0, 0.1) is 5.92 Å². The molecule has 0 N–H and O–H groups in total. The monoisotopic (exact) mass is 375 g/mol. The van der Waals surface area contributed by atoms with Gasteiger partial charge in [-0.25, -0.2) is 0 Å². The average molecular weight is 375 g/mol. The van der Waals surface area contributed by atoms with E-state index in [4.69, 9.17) is 18.7 Å². The molecule has 3 rings (SSSR count). The summed E-state index contributed by atoms with van der Waals surface area (Å²) in [5.41, 5.74) is 0.793. The zero-order chi connectivity index (χ0) is 19.2. The predicted octanol–water partition coefficient (Wildman–Crippen LogP) is 2.53. The van der Waals surface area contributed by atoms with Crippen LogP contribution in [0.15, 0.2) is 22.7 Å². The van der Waals surface area contributed by atoms with E-state index in [1.54, 1.807) is 12.0 Å². The molecule has 0 bridgehead atoms. The van der Waals surface area contributed by atoms with Gasteiger partial charge in [0, 0.05) is 38.6 Å². The molecule has 1 aliphatic heterocycles. The van der Waals surface area contributed by atoms with Crippen molar-refractivity contribution in [3.05, 3.63) is 24.1 Å². The first-order valence-corrected chi connectivity index (χ1v) is 9.06. The third kappa shape index (κ3) is 4.97. The smallest absolute Gasteiger partial charge is 0.231 e. The largest absolute Gasteiger partial charge is 0.454 e. The molecule has 0 atom stereocenters. The number of methoxy groups -OCH3 is 1. The van der Waals surface area contributed by atoms with Crippen molar-refractivity contribution >= 4 is 5.91 Å². The first-order chi connectivity index (χ1) is 13.1. The van der Waals surface area contributed by atoms with E-state index in [1.165, 1.54) is 0 Å². The molecule has 8 heteroatoms. The Bertz CT molecular complexity index is 774. The van der Waals surface area contributed by atoms with Crippen molar-refractivity contribution < 1.29 is 23.5 Å². The molecule has 27 heavy (non-hydrogen) atoms. The van der Waals surface area contributed by atoms with Crippen molar-refractivity contribution in [3.63, 3.8) is 0 Å². The summed E-state index contributed by atoms with van der Waals surface area (Å²) < 4.78 is 21.1. The fourth-order valence-corrected chi connectivity index (χ4v) is 2.78. The Morgan fingerprint density at radius 3 is 2.85 bits per heavy atom. The van der Waals surface area contributed by atoms with Crippen LogP contribution in [0.2, 0.25) is 0 Å². The molecule has 0 saturated carbocycles. The van der Waals surface area contributed by atoms with Gasteiger partial charge < -0.3 is 23.6 Å². The summed E-state index contributed by atoms with van der Waals surface area (Å²) in [4.78, 5) is 18.6. The van der Waals surface area contributed by atoms with Crippen molar-refractivity contribution in [2.45, 2.75) is 26.7 Å². The summed E-state index contributed by atoms with van der Waals surface area (Å²) in [7, 11) is 1.63. The van der Waals surface area contributed by atoms with E-state index in [1.807, 2.05) is 32.0 Å². The van der Waals surface area contributed by atoms with Gasteiger partial charge in [-0.1, -0.05) is 19.0 Å². The molecule has 0 saturated heterocycles. The van der Waals surface area contributed by atoms with E-state index in [9.17, 15) is 4.79 Å². The summed E-state index contributed by atoms with van der Waals surface area (Å²) in [6, 6.07) is 5.51. The lowest BCUT2D eigenvalue weighted by molar-refractivity contribution is -0.132. The highest BCUT2D eigenvalue weighted by Gasteiger charge is 2.18. The fourth-order valence-electron chi connectivity index (χ4n) is 2.78. The number of ether oxygens (including phenoxy) is 3. The SMILES string of the molecule is COCCN(CCc1nc(-c2ccc3c(c2)OCO3)no1)C(=O)CC(C)C. The van der Waals surface area contributed by atoms with Gasteiger partial charge in [-0.2, -0.15) is 4.98 Å². The molecule has 0 unspecified atom stereocenters.